The number of H-pyrrole nitrogens is 1. The number of hydrogen-bond donors (Lipinski definition) is 2. The zero-order valence-electron chi connectivity index (χ0n) is 18.1. The Bertz CT molecular complexity index is 987. The van der Waals surface area contributed by atoms with Crippen LogP contribution in [0.2, 0.25) is 0 Å². The number of aromatic nitrogens is 1. The Morgan fingerprint density at radius 3 is 2.81 bits per heavy atom. The molecule has 2 aromatic rings. The van der Waals surface area contributed by atoms with E-state index in [1.807, 2.05) is 23.1 Å². The Balaban J connectivity index is 1.51. The zero-order chi connectivity index (χ0) is 21.8. The van der Waals surface area contributed by atoms with Gasteiger partial charge < -0.3 is 34.3 Å². The highest BCUT2D eigenvalue weighted by Crippen LogP contribution is 2.35. The average molecular weight is 447 g/mol. The quantitative estimate of drug-likeness (QED) is 0.471. The minimum Gasteiger partial charge on any atom is -0.454 e. The van der Waals surface area contributed by atoms with Gasteiger partial charge in [-0.15, -0.1) is 0 Å². The monoisotopic (exact) mass is 446 g/mol. The molecule has 0 bridgehead atoms. The molecule has 1 fully saturated rings. The van der Waals surface area contributed by atoms with Gasteiger partial charge >= 0.3 is 0 Å². The number of pyridine rings is 1. The van der Waals surface area contributed by atoms with Gasteiger partial charge in [0, 0.05) is 36.7 Å². The van der Waals surface area contributed by atoms with E-state index in [-0.39, 0.29) is 18.5 Å². The molecule has 0 spiro atoms. The number of hydrogen-bond acceptors (Lipinski definition) is 6. The van der Waals surface area contributed by atoms with Crippen LogP contribution in [-0.2, 0) is 11.3 Å². The van der Waals surface area contributed by atoms with Gasteiger partial charge in [-0.2, -0.15) is 0 Å². The molecule has 31 heavy (non-hydrogen) atoms. The highest BCUT2D eigenvalue weighted by Gasteiger charge is 2.22. The van der Waals surface area contributed by atoms with Gasteiger partial charge in [-0.3, -0.25) is 4.79 Å². The van der Waals surface area contributed by atoms with Gasteiger partial charge in [-0.05, 0) is 64.3 Å². The average Bonchev–Trinajstić information content (AvgIpc) is 3.40. The largest absolute Gasteiger partial charge is 0.454 e. The fourth-order valence-electron chi connectivity index (χ4n) is 3.92. The van der Waals surface area contributed by atoms with Crippen LogP contribution in [0.3, 0.4) is 0 Å². The lowest BCUT2D eigenvalue weighted by Crippen LogP contribution is -2.44. The summed E-state index contributed by atoms with van der Waals surface area (Å²) in [7, 11) is 4.11. The Labute approximate surface area is 187 Å². The normalized spacial score (nSPS) is 17.5. The van der Waals surface area contributed by atoms with Crippen molar-refractivity contribution in [3.63, 3.8) is 0 Å². The highest BCUT2D eigenvalue weighted by molar-refractivity contribution is 7.80. The lowest BCUT2D eigenvalue weighted by Gasteiger charge is -2.28. The first-order chi connectivity index (χ1) is 15.0. The smallest absolute Gasteiger partial charge is 0.253 e. The number of nitrogens with zero attached hydrogens (tertiary/aromatic N) is 2. The maximum absolute atomic E-state index is 12.8. The third-order valence-electron chi connectivity index (χ3n) is 5.57. The van der Waals surface area contributed by atoms with Crippen LogP contribution in [0.5, 0.6) is 11.5 Å². The number of aromatic amines is 1. The summed E-state index contributed by atoms with van der Waals surface area (Å²) in [6, 6.07) is 5.62. The van der Waals surface area contributed by atoms with Crippen LogP contribution in [0.15, 0.2) is 23.0 Å². The van der Waals surface area contributed by atoms with Crippen molar-refractivity contribution in [1.82, 2.24) is 20.1 Å². The lowest BCUT2D eigenvalue weighted by molar-refractivity contribution is 0.0897. The Kier molecular flexibility index (Phi) is 6.94. The van der Waals surface area contributed by atoms with Crippen molar-refractivity contribution >= 4 is 28.2 Å². The van der Waals surface area contributed by atoms with E-state index in [1.165, 1.54) is 0 Å². The number of thiocarbonyl (C=S) groups is 1. The molecule has 1 aromatic carbocycles. The molecule has 4 rings (SSSR count). The molecule has 0 saturated carbocycles. The van der Waals surface area contributed by atoms with Crippen LogP contribution in [-0.4, -0.2) is 73.1 Å². The Morgan fingerprint density at radius 1 is 1.26 bits per heavy atom. The van der Waals surface area contributed by atoms with Crippen molar-refractivity contribution in [2.24, 2.45) is 0 Å². The van der Waals surface area contributed by atoms with Gasteiger partial charge in [0.15, 0.2) is 16.6 Å². The predicted octanol–water partition coefficient (Wildman–Crippen LogP) is 2.06. The summed E-state index contributed by atoms with van der Waals surface area (Å²) in [4.78, 5) is 20.0. The lowest BCUT2D eigenvalue weighted by atomic mass is 10.1. The van der Waals surface area contributed by atoms with E-state index in [9.17, 15) is 4.79 Å². The van der Waals surface area contributed by atoms with Crippen LogP contribution in [0.1, 0.15) is 24.8 Å². The van der Waals surface area contributed by atoms with E-state index in [4.69, 9.17) is 26.4 Å². The molecule has 0 amide bonds. The van der Waals surface area contributed by atoms with Gasteiger partial charge in [-0.25, -0.2) is 0 Å². The molecule has 2 N–H and O–H groups in total. The van der Waals surface area contributed by atoms with E-state index in [0.717, 1.165) is 49.9 Å². The fourth-order valence-corrected chi connectivity index (χ4v) is 4.16. The molecule has 3 heterocycles. The molecule has 0 aliphatic carbocycles. The van der Waals surface area contributed by atoms with Gasteiger partial charge in [0.1, 0.15) is 0 Å². The summed E-state index contributed by atoms with van der Waals surface area (Å²) >= 11 is 5.69. The second-order valence-corrected chi connectivity index (χ2v) is 8.71. The third-order valence-corrected chi connectivity index (χ3v) is 5.97. The number of nitrogens with one attached hydrogen (secondary N) is 2. The summed E-state index contributed by atoms with van der Waals surface area (Å²) in [6.07, 6.45) is 3.20. The van der Waals surface area contributed by atoms with Crippen LogP contribution < -0.4 is 20.3 Å². The van der Waals surface area contributed by atoms with Crippen LogP contribution in [0, 0.1) is 0 Å². The van der Waals surface area contributed by atoms with Crippen molar-refractivity contribution in [3.05, 3.63) is 34.1 Å². The molecule has 0 radical (unpaired) electrons. The first-order valence-corrected chi connectivity index (χ1v) is 11.1. The van der Waals surface area contributed by atoms with Crippen LogP contribution >= 0.6 is 12.2 Å². The summed E-state index contributed by atoms with van der Waals surface area (Å²) in [6.45, 7) is 3.84. The molecule has 2 aliphatic heterocycles. The number of benzene rings is 1. The van der Waals surface area contributed by atoms with Gasteiger partial charge in [0.25, 0.3) is 5.56 Å². The molecule has 2 aliphatic rings. The van der Waals surface area contributed by atoms with Crippen molar-refractivity contribution in [1.29, 1.82) is 0 Å². The highest BCUT2D eigenvalue weighted by atomic mass is 32.1. The topological polar surface area (TPSA) is 79.1 Å². The minimum atomic E-state index is -0.126. The second kappa shape index (κ2) is 9.84. The van der Waals surface area contributed by atoms with Crippen molar-refractivity contribution in [2.45, 2.75) is 31.9 Å². The first kappa shape index (κ1) is 21.9. The second-order valence-electron chi connectivity index (χ2n) is 8.32. The van der Waals surface area contributed by atoms with Crippen molar-refractivity contribution < 1.29 is 14.2 Å². The van der Waals surface area contributed by atoms with E-state index < -0.39 is 0 Å². The molecule has 1 atom stereocenters. The van der Waals surface area contributed by atoms with Gasteiger partial charge in [0.05, 0.1) is 18.2 Å². The predicted molar refractivity (Wildman–Crippen MR) is 124 cm³/mol. The summed E-state index contributed by atoms with van der Waals surface area (Å²) in [5.74, 6) is 1.35. The van der Waals surface area contributed by atoms with E-state index in [1.54, 1.807) is 0 Å². The maximum Gasteiger partial charge on any atom is 0.253 e. The van der Waals surface area contributed by atoms with Gasteiger partial charge in [-0.1, -0.05) is 0 Å². The van der Waals surface area contributed by atoms with E-state index in [0.29, 0.717) is 35.3 Å². The first-order valence-electron chi connectivity index (χ1n) is 10.7. The molecular formula is C22H30N4O4S. The maximum atomic E-state index is 12.8. The Hall–Kier alpha value is -2.36. The number of rotatable bonds is 8. The molecule has 1 saturated heterocycles. The zero-order valence-corrected chi connectivity index (χ0v) is 18.9. The molecule has 8 nitrogen and oxygen atoms in total. The van der Waals surface area contributed by atoms with Crippen molar-refractivity contribution in [3.8, 4) is 11.5 Å². The molecule has 1 aromatic heterocycles. The minimum absolute atomic E-state index is 0.126. The standard InChI is InChI=1S/C22H30N4O4S/c1-25(2)7-4-6-23-22(31)26(13-17-5-3-8-28-17)12-16-9-15-10-19-20(30-14-29-19)11-18(15)24-21(16)27/h9-11,17H,3-8,12-14H2,1-2H3,(H,23,31)(H,24,27)/t17-/m1/s1. The number of fused-ring (bicyclic) bond motifs is 2. The summed E-state index contributed by atoms with van der Waals surface area (Å²) in [5, 5.41) is 4.91. The number of ether oxygens (including phenoxy) is 3. The Morgan fingerprint density at radius 2 is 2.06 bits per heavy atom. The SMILES string of the molecule is CN(C)CCCNC(=S)N(Cc1cc2cc3c(cc2[nH]c1=O)OCO3)C[C@H]1CCCO1. The van der Waals surface area contributed by atoms with Gasteiger partial charge in [0.2, 0.25) is 6.79 Å². The molecule has 168 valence electrons. The summed E-state index contributed by atoms with van der Waals surface area (Å²) < 4.78 is 16.7. The van der Waals surface area contributed by atoms with E-state index >= 15 is 0 Å². The van der Waals surface area contributed by atoms with E-state index in [2.05, 4.69) is 29.3 Å². The molecule has 9 heteroatoms. The summed E-state index contributed by atoms with van der Waals surface area (Å²) in [5.41, 5.74) is 1.26. The van der Waals surface area contributed by atoms with Crippen LogP contribution in [0.25, 0.3) is 10.9 Å². The third kappa shape index (κ3) is 5.47. The molecule has 0 unspecified atom stereocenters. The van der Waals surface area contributed by atoms with Crippen molar-refractivity contribution in [2.75, 3.05) is 47.1 Å². The fraction of sp³-hybridized carbons (Fsp3) is 0.545. The van der Waals surface area contributed by atoms with Crippen LogP contribution in [0.4, 0.5) is 0 Å². The molecular weight excluding hydrogens is 416 g/mol.